The molecule has 0 bridgehead atoms. The van der Waals surface area contributed by atoms with Gasteiger partial charge in [-0.25, -0.2) is 0 Å². The lowest BCUT2D eigenvalue weighted by molar-refractivity contribution is 0.312. The maximum atomic E-state index is 8.55. The highest BCUT2D eigenvalue weighted by atomic mass is 16.5. The zero-order valence-electron chi connectivity index (χ0n) is 15.2. The molecule has 0 aliphatic rings. The molecule has 2 N–H and O–H groups in total. The van der Waals surface area contributed by atoms with Gasteiger partial charge in [0.25, 0.3) is 0 Å². The van der Waals surface area contributed by atoms with Gasteiger partial charge in [-0.1, -0.05) is 24.3 Å². The first-order valence-electron chi connectivity index (χ1n) is 9.12. The summed E-state index contributed by atoms with van der Waals surface area (Å²) in [5, 5.41) is 13.4. The molecule has 26 heavy (non-hydrogen) atoms. The highest BCUT2D eigenvalue weighted by Gasteiger charge is 2.04. The van der Waals surface area contributed by atoms with E-state index in [4.69, 9.17) is 10.00 Å². The third-order valence-electron chi connectivity index (χ3n) is 4.42. The van der Waals surface area contributed by atoms with E-state index in [0.717, 1.165) is 31.7 Å². The molecule has 0 unspecified atom stereocenters. The van der Waals surface area contributed by atoms with Crippen LogP contribution in [0, 0.1) is 18.3 Å². The summed E-state index contributed by atoms with van der Waals surface area (Å²) in [6, 6.07) is 16.8. The van der Waals surface area contributed by atoms with Crippen LogP contribution in [-0.4, -0.2) is 18.1 Å². The largest absolute Gasteiger partial charge is 0.494 e. The number of fused-ring (bicyclic) bond motifs is 1. The van der Waals surface area contributed by atoms with Crippen LogP contribution in [-0.2, 0) is 13.0 Å². The van der Waals surface area contributed by atoms with Crippen molar-refractivity contribution in [3.63, 3.8) is 0 Å². The van der Waals surface area contributed by atoms with Crippen molar-refractivity contribution in [3.8, 4) is 11.8 Å². The molecule has 0 aliphatic heterocycles. The molecule has 0 saturated carbocycles. The molecule has 1 heterocycles. The number of aromatic amines is 1. The molecule has 4 heteroatoms. The van der Waals surface area contributed by atoms with Crippen LogP contribution in [0.5, 0.6) is 5.75 Å². The zero-order valence-corrected chi connectivity index (χ0v) is 15.2. The van der Waals surface area contributed by atoms with Crippen molar-refractivity contribution in [2.75, 3.05) is 13.2 Å². The predicted molar refractivity (Wildman–Crippen MR) is 105 cm³/mol. The number of nitriles is 1. The second kappa shape index (κ2) is 9.07. The van der Waals surface area contributed by atoms with E-state index in [1.165, 1.54) is 27.6 Å². The quantitative estimate of drug-likeness (QED) is 0.561. The van der Waals surface area contributed by atoms with Crippen LogP contribution in [0.1, 0.15) is 29.5 Å². The van der Waals surface area contributed by atoms with Crippen molar-refractivity contribution >= 4 is 10.9 Å². The Hall–Kier alpha value is -2.77. The molecule has 1 aromatic heterocycles. The topological polar surface area (TPSA) is 60.8 Å². The number of unbranched alkanes of at least 4 members (excludes halogenated alkanes) is 1. The summed E-state index contributed by atoms with van der Waals surface area (Å²) in [6.07, 6.45) is 4.41. The Morgan fingerprint density at radius 1 is 1.19 bits per heavy atom. The summed E-state index contributed by atoms with van der Waals surface area (Å²) in [7, 11) is 0. The number of nitrogens with zero attached hydrogens (tertiary/aromatic N) is 1. The minimum Gasteiger partial charge on any atom is -0.494 e. The van der Waals surface area contributed by atoms with E-state index >= 15 is 0 Å². The van der Waals surface area contributed by atoms with Crippen LogP contribution in [0.3, 0.4) is 0 Å². The molecule has 0 fully saturated rings. The fraction of sp³-hybridized carbons (Fsp3) is 0.318. The monoisotopic (exact) mass is 347 g/mol. The van der Waals surface area contributed by atoms with Crippen LogP contribution in [0.15, 0.2) is 48.7 Å². The van der Waals surface area contributed by atoms with E-state index in [9.17, 15) is 0 Å². The van der Waals surface area contributed by atoms with E-state index in [1.807, 2.05) is 12.1 Å². The lowest BCUT2D eigenvalue weighted by atomic mass is 10.1. The number of hydrogen-bond acceptors (Lipinski definition) is 3. The molecule has 3 rings (SSSR count). The summed E-state index contributed by atoms with van der Waals surface area (Å²) in [6.45, 7) is 4.44. The Morgan fingerprint density at radius 3 is 3.00 bits per heavy atom. The minimum atomic E-state index is 0.536. The number of ether oxygens (including phenoxy) is 1. The van der Waals surface area contributed by atoms with Gasteiger partial charge in [-0.3, -0.25) is 0 Å². The molecule has 0 saturated heterocycles. The van der Waals surface area contributed by atoms with Crippen molar-refractivity contribution in [2.24, 2.45) is 0 Å². The van der Waals surface area contributed by atoms with Crippen molar-refractivity contribution in [2.45, 2.75) is 32.7 Å². The summed E-state index contributed by atoms with van der Waals surface area (Å²) >= 11 is 0. The smallest absolute Gasteiger partial charge is 0.119 e. The van der Waals surface area contributed by atoms with Gasteiger partial charge in [-0.15, -0.1) is 0 Å². The van der Waals surface area contributed by atoms with E-state index in [1.54, 1.807) is 0 Å². The third kappa shape index (κ3) is 4.87. The summed E-state index contributed by atoms with van der Waals surface area (Å²) < 4.78 is 5.69. The number of benzene rings is 2. The first-order chi connectivity index (χ1) is 12.8. The van der Waals surface area contributed by atoms with E-state index in [2.05, 4.69) is 59.8 Å². The molecular weight excluding hydrogens is 322 g/mol. The predicted octanol–water partition coefficient (Wildman–Crippen LogP) is 4.49. The van der Waals surface area contributed by atoms with Crippen LogP contribution in [0.25, 0.3) is 10.9 Å². The third-order valence-corrected chi connectivity index (χ3v) is 4.42. The Bertz CT molecular complexity index is 892. The Morgan fingerprint density at radius 2 is 2.12 bits per heavy atom. The number of H-pyrrole nitrogens is 1. The highest BCUT2D eigenvalue weighted by Crippen LogP contribution is 2.19. The standard InChI is InChI=1S/C22H25N3O/c1-17-7-8-21-19(16-25-22(21)13-17)9-11-24-15-18-5-4-6-20(14-18)26-12-3-2-10-23/h4-8,13-14,16,24-25H,2-3,9,11-12,15H2,1H3. The van der Waals surface area contributed by atoms with Gasteiger partial charge >= 0.3 is 0 Å². The molecule has 0 amide bonds. The first kappa shape index (κ1) is 18.0. The molecule has 3 aromatic rings. The van der Waals surface area contributed by atoms with Crippen LogP contribution in [0.2, 0.25) is 0 Å². The molecule has 0 radical (unpaired) electrons. The molecule has 134 valence electrons. The Balaban J connectivity index is 1.46. The minimum absolute atomic E-state index is 0.536. The normalized spacial score (nSPS) is 10.8. The lowest BCUT2D eigenvalue weighted by Gasteiger charge is -2.08. The van der Waals surface area contributed by atoms with E-state index in [0.29, 0.717) is 13.0 Å². The molecule has 0 aliphatic carbocycles. The van der Waals surface area contributed by atoms with Gasteiger partial charge in [-0.2, -0.15) is 5.26 Å². The summed E-state index contributed by atoms with van der Waals surface area (Å²) in [4.78, 5) is 3.36. The van der Waals surface area contributed by atoms with E-state index in [-0.39, 0.29) is 0 Å². The number of rotatable bonds is 9. The van der Waals surface area contributed by atoms with Crippen molar-refractivity contribution in [3.05, 3.63) is 65.4 Å². The van der Waals surface area contributed by atoms with Gasteiger partial charge in [-0.05, 0) is 61.2 Å². The van der Waals surface area contributed by atoms with Gasteiger partial charge in [0.1, 0.15) is 5.75 Å². The van der Waals surface area contributed by atoms with Crippen molar-refractivity contribution < 1.29 is 4.74 Å². The summed E-state index contributed by atoms with van der Waals surface area (Å²) in [5.74, 6) is 0.870. The number of nitrogens with one attached hydrogen (secondary N) is 2. The number of hydrogen-bond donors (Lipinski definition) is 2. The van der Waals surface area contributed by atoms with Gasteiger partial charge in [0, 0.05) is 30.1 Å². The van der Waals surface area contributed by atoms with Crippen LogP contribution < -0.4 is 10.1 Å². The molecule has 0 spiro atoms. The van der Waals surface area contributed by atoms with Gasteiger partial charge in [0.05, 0.1) is 12.7 Å². The second-order valence-corrected chi connectivity index (χ2v) is 6.55. The SMILES string of the molecule is Cc1ccc2c(CCNCc3cccc(OCCCC#N)c3)c[nH]c2c1. The van der Waals surface area contributed by atoms with Crippen molar-refractivity contribution in [1.29, 1.82) is 5.26 Å². The molecule has 2 aromatic carbocycles. The summed E-state index contributed by atoms with van der Waals surface area (Å²) in [5.41, 5.74) is 5.04. The first-order valence-corrected chi connectivity index (χ1v) is 9.12. The van der Waals surface area contributed by atoms with Gasteiger partial charge < -0.3 is 15.0 Å². The molecule has 0 atom stereocenters. The fourth-order valence-electron chi connectivity index (χ4n) is 3.05. The number of aryl methyl sites for hydroxylation is 1. The molecular formula is C22H25N3O. The van der Waals surface area contributed by atoms with Crippen molar-refractivity contribution in [1.82, 2.24) is 10.3 Å². The maximum absolute atomic E-state index is 8.55. The van der Waals surface area contributed by atoms with Crippen LogP contribution in [0.4, 0.5) is 0 Å². The Kier molecular flexibility index (Phi) is 6.29. The zero-order chi connectivity index (χ0) is 18.2. The lowest BCUT2D eigenvalue weighted by Crippen LogP contribution is -2.16. The average molecular weight is 347 g/mol. The van der Waals surface area contributed by atoms with Gasteiger partial charge in [0.2, 0.25) is 0 Å². The highest BCUT2D eigenvalue weighted by molar-refractivity contribution is 5.83. The van der Waals surface area contributed by atoms with Gasteiger partial charge in [0.15, 0.2) is 0 Å². The average Bonchev–Trinajstić information content (AvgIpc) is 3.05. The second-order valence-electron chi connectivity index (χ2n) is 6.55. The maximum Gasteiger partial charge on any atom is 0.119 e. The van der Waals surface area contributed by atoms with Crippen LogP contribution >= 0.6 is 0 Å². The fourth-order valence-corrected chi connectivity index (χ4v) is 3.05. The Labute approximate surface area is 154 Å². The number of aromatic nitrogens is 1. The molecule has 4 nitrogen and oxygen atoms in total. The van der Waals surface area contributed by atoms with E-state index < -0.39 is 0 Å².